The highest BCUT2D eigenvalue weighted by molar-refractivity contribution is 5.96. The Morgan fingerprint density at radius 3 is 2.62 bits per heavy atom. The van der Waals surface area contributed by atoms with Crippen LogP contribution in [0.3, 0.4) is 0 Å². The molecule has 0 radical (unpaired) electrons. The summed E-state index contributed by atoms with van der Waals surface area (Å²) in [6.45, 7) is 0.687. The zero-order chi connectivity index (χ0) is 16.0. The van der Waals surface area contributed by atoms with Gasteiger partial charge in [-0.3, -0.25) is 4.79 Å². The smallest absolute Gasteiger partial charge is 0.387 e. The van der Waals surface area contributed by atoms with Gasteiger partial charge < -0.3 is 15.2 Å². The van der Waals surface area contributed by atoms with Gasteiger partial charge >= 0.3 is 6.61 Å². The van der Waals surface area contributed by atoms with Crippen molar-refractivity contribution in [2.75, 3.05) is 6.54 Å². The quantitative estimate of drug-likeness (QED) is 0.814. The Balaban J connectivity index is 2.69. The topological polar surface area (TPSA) is 58.6 Å². The van der Waals surface area contributed by atoms with Gasteiger partial charge in [-0.25, -0.2) is 4.39 Å². The Bertz CT molecular complexity index is 481. The van der Waals surface area contributed by atoms with Crippen LogP contribution in [0.25, 0.3) is 0 Å². The van der Waals surface area contributed by atoms with Gasteiger partial charge in [0.25, 0.3) is 5.91 Å². The predicted octanol–water partition coefficient (Wildman–Crippen LogP) is 2.56. The fraction of sp³-hybridized carbons (Fsp3) is 0.500. The maximum Gasteiger partial charge on any atom is 0.387 e. The SMILES string of the molecule is CC(C)C(O)CCNC(=O)c1ccc(F)cc1OC(F)F. The van der Waals surface area contributed by atoms with Gasteiger partial charge in [-0.05, 0) is 24.5 Å². The molecule has 2 N–H and O–H groups in total. The highest BCUT2D eigenvalue weighted by atomic mass is 19.3. The van der Waals surface area contributed by atoms with Crippen LogP contribution in [0.1, 0.15) is 30.6 Å². The zero-order valence-corrected chi connectivity index (χ0v) is 11.8. The van der Waals surface area contributed by atoms with Crippen LogP contribution in [-0.2, 0) is 0 Å². The third-order valence-corrected chi connectivity index (χ3v) is 2.90. The molecule has 0 fully saturated rings. The summed E-state index contributed by atoms with van der Waals surface area (Å²) in [5.41, 5.74) is -0.185. The number of aliphatic hydroxyl groups excluding tert-OH is 1. The number of carbonyl (C=O) groups is 1. The number of amides is 1. The second-order valence-corrected chi connectivity index (χ2v) is 4.87. The van der Waals surface area contributed by atoms with Gasteiger partial charge in [0.05, 0.1) is 11.7 Å². The highest BCUT2D eigenvalue weighted by Gasteiger charge is 2.17. The van der Waals surface area contributed by atoms with Crippen molar-refractivity contribution in [3.8, 4) is 5.75 Å². The summed E-state index contributed by atoms with van der Waals surface area (Å²) in [6.07, 6.45) is -0.245. The molecule has 118 valence electrons. The van der Waals surface area contributed by atoms with Gasteiger partial charge in [-0.1, -0.05) is 13.8 Å². The fourth-order valence-corrected chi connectivity index (χ4v) is 1.64. The molecule has 0 heterocycles. The number of hydrogen-bond donors (Lipinski definition) is 2. The monoisotopic (exact) mass is 305 g/mol. The molecule has 0 spiro atoms. The molecule has 1 unspecified atom stereocenters. The second-order valence-electron chi connectivity index (χ2n) is 4.87. The van der Waals surface area contributed by atoms with Crippen LogP contribution < -0.4 is 10.1 Å². The van der Waals surface area contributed by atoms with Crippen molar-refractivity contribution < 1.29 is 27.8 Å². The van der Waals surface area contributed by atoms with Crippen LogP contribution in [0.15, 0.2) is 18.2 Å². The zero-order valence-electron chi connectivity index (χ0n) is 11.8. The van der Waals surface area contributed by atoms with Crippen LogP contribution in [-0.4, -0.2) is 30.3 Å². The fourth-order valence-electron chi connectivity index (χ4n) is 1.64. The van der Waals surface area contributed by atoms with Crippen molar-refractivity contribution >= 4 is 5.91 Å². The molecule has 1 rings (SSSR count). The molecule has 1 amide bonds. The van der Waals surface area contributed by atoms with Gasteiger partial charge in [0.15, 0.2) is 0 Å². The van der Waals surface area contributed by atoms with Gasteiger partial charge in [0.2, 0.25) is 0 Å². The molecule has 0 aliphatic carbocycles. The van der Waals surface area contributed by atoms with E-state index >= 15 is 0 Å². The number of halogens is 3. The van der Waals surface area contributed by atoms with E-state index < -0.39 is 30.2 Å². The first-order chi connectivity index (χ1) is 9.81. The number of benzene rings is 1. The Labute approximate surface area is 120 Å². The van der Waals surface area contributed by atoms with E-state index in [-0.39, 0.29) is 18.0 Å². The van der Waals surface area contributed by atoms with Gasteiger partial charge in [-0.15, -0.1) is 0 Å². The molecule has 0 aromatic heterocycles. The lowest BCUT2D eigenvalue weighted by molar-refractivity contribution is -0.0503. The molecule has 0 bridgehead atoms. The summed E-state index contributed by atoms with van der Waals surface area (Å²) in [7, 11) is 0. The Kier molecular flexibility index (Phi) is 6.48. The molecule has 4 nitrogen and oxygen atoms in total. The minimum absolute atomic E-state index is 0.0467. The van der Waals surface area contributed by atoms with Crippen molar-refractivity contribution in [1.29, 1.82) is 0 Å². The van der Waals surface area contributed by atoms with Crippen molar-refractivity contribution in [3.05, 3.63) is 29.6 Å². The number of ether oxygens (including phenoxy) is 1. The largest absolute Gasteiger partial charge is 0.434 e. The normalized spacial score (nSPS) is 12.6. The number of nitrogens with one attached hydrogen (secondary N) is 1. The highest BCUT2D eigenvalue weighted by Crippen LogP contribution is 2.22. The van der Waals surface area contributed by atoms with E-state index in [2.05, 4.69) is 10.1 Å². The lowest BCUT2D eigenvalue weighted by Crippen LogP contribution is -2.29. The molecule has 0 aliphatic heterocycles. The second kappa shape index (κ2) is 7.87. The minimum Gasteiger partial charge on any atom is -0.434 e. The van der Waals surface area contributed by atoms with Crippen LogP contribution in [0.4, 0.5) is 13.2 Å². The van der Waals surface area contributed by atoms with Crippen LogP contribution in [0.5, 0.6) is 5.75 Å². The van der Waals surface area contributed by atoms with Crippen LogP contribution in [0, 0.1) is 11.7 Å². The van der Waals surface area contributed by atoms with Crippen molar-refractivity contribution in [3.63, 3.8) is 0 Å². The van der Waals surface area contributed by atoms with Crippen molar-refractivity contribution in [1.82, 2.24) is 5.32 Å². The van der Waals surface area contributed by atoms with E-state index in [0.717, 1.165) is 18.2 Å². The molecular weight excluding hydrogens is 287 g/mol. The minimum atomic E-state index is -3.15. The first kappa shape index (κ1) is 17.3. The van der Waals surface area contributed by atoms with Crippen LogP contribution in [0.2, 0.25) is 0 Å². The van der Waals surface area contributed by atoms with E-state index in [4.69, 9.17) is 0 Å². The molecule has 1 aromatic carbocycles. The van der Waals surface area contributed by atoms with Crippen molar-refractivity contribution in [2.45, 2.75) is 33.0 Å². The lowest BCUT2D eigenvalue weighted by Gasteiger charge is -2.15. The van der Waals surface area contributed by atoms with E-state index in [9.17, 15) is 23.1 Å². The first-order valence-corrected chi connectivity index (χ1v) is 6.52. The summed E-state index contributed by atoms with van der Waals surface area (Å²) >= 11 is 0. The molecule has 0 aliphatic rings. The predicted molar refractivity (Wildman–Crippen MR) is 70.8 cm³/mol. The number of hydrogen-bond acceptors (Lipinski definition) is 3. The Morgan fingerprint density at radius 2 is 2.05 bits per heavy atom. The summed E-state index contributed by atoms with van der Waals surface area (Å²) in [4.78, 5) is 11.9. The summed E-state index contributed by atoms with van der Waals surface area (Å²) < 4.78 is 41.6. The van der Waals surface area contributed by atoms with Crippen LogP contribution >= 0.6 is 0 Å². The van der Waals surface area contributed by atoms with Gasteiger partial charge in [0, 0.05) is 12.6 Å². The Hall–Kier alpha value is -1.76. The van der Waals surface area contributed by atoms with E-state index in [1.165, 1.54) is 0 Å². The summed E-state index contributed by atoms with van der Waals surface area (Å²) in [5, 5.41) is 12.1. The summed E-state index contributed by atoms with van der Waals surface area (Å²) in [5.74, 6) is -1.92. The molecule has 0 saturated heterocycles. The molecule has 21 heavy (non-hydrogen) atoms. The molecule has 7 heteroatoms. The molecule has 1 aromatic rings. The third kappa shape index (κ3) is 5.63. The average Bonchev–Trinajstić information content (AvgIpc) is 2.37. The molecular formula is C14H18F3NO3. The summed E-state index contributed by atoms with van der Waals surface area (Å²) in [6, 6.07) is 2.78. The molecule has 0 saturated carbocycles. The third-order valence-electron chi connectivity index (χ3n) is 2.90. The van der Waals surface area contributed by atoms with E-state index in [1.807, 2.05) is 13.8 Å². The molecule has 1 atom stereocenters. The van der Waals surface area contributed by atoms with Crippen molar-refractivity contribution in [2.24, 2.45) is 5.92 Å². The Morgan fingerprint density at radius 1 is 1.38 bits per heavy atom. The maximum absolute atomic E-state index is 13.0. The number of alkyl halides is 2. The lowest BCUT2D eigenvalue weighted by atomic mass is 10.0. The number of aliphatic hydroxyl groups is 1. The standard InChI is InChI=1S/C14H18F3NO3/c1-8(2)11(19)5-6-18-13(20)10-4-3-9(15)7-12(10)21-14(16)17/h3-4,7-8,11,14,19H,5-6H2,1-2H3,(H,18,20). The van der Waals surface area contributed by atoms with Gasteiger partial charge in [0.1, 0.15) is 11.6 Å². The number of carbonyl (C=O) groups excluding carboxylic acids is 1. The van der Waals surface area contributed by atoms with E-state index in [0.29, 0.717) is 6.42 Å². The first-order valence-electron chi connectivity index (χ1n) is 6.52. The van der Waals surface area contributed by atoms with E-state index in [1.54, 1.807) is 0 Å². The average molecular weight is 305 g/mol. The van der Waals surface area contributed by atoms with Gasteiger partial charge in [-0.2, -0.15) is 8.78 Å². The number of rotatable bonds is 7. The maximum atomic E-state index is 13.0.